The molecule has 0 amide bonds. The van der Waals surface area contributed by atoms with Gasteiger partial charge in [0.15, 0.2) is 5.79 Å². The van der Waals surface area contributed by atoms with Gasteiger partial charge in [-0.05, 0) is 19.3 Å². The number of likely N-dealkylation sites (tertiary alicyclic amines) is 1. The third kappa shape index (κ3) is 3.03. The van der Waals surface area contributed by atoms with Crippen molar-refractivity contribution >= 4 is 9.84 Å². The standard InChI is InChI=1S/C14H25NO4S/c1-20(16,17)13-4-2-3-12(11-13)15-7-5-14(6-8-15)18-9-10-19-14/h12-13H,2-11H2,1H3. The summed E-state index contributed by atoms with van der Waals surface area (Å²) in [4.78, 5) is 2.45. The van der Waals surface area contributed by atoms with E-state index in [2.05, 4.69) is 4.90 Å². The molecule has 1 spiro atoms. The number of hydrogen-bond acceptors (Lipinski definition) is 5. The summed E-state index contributed by atoms with van der Waals surface area (Å²) < 4.78 is 35.0. The van der Waals surface area contributed by atoms with Crippen molar-refractivity contribution in [3.63, 3.8) is 0 Å². The number of sulfone groups is 1. The molecular formula is C14H25NO4S. The fourth-order valence-corrected chi connectivity index (χ4v) is 5.02. The SMILES string of the molecule is CS(=O)(=O)C1CCCC(N2CCC3(CC2)OCCO3)C1. The number of piperidine rings is 1. The highest BCUT2D eigenvalue weighted by atomic mass is 32.2. The molecule has 0 bridgehead atoms. The molecule has 0 radical (unpaired) electrons. The van der Waals surface area contributed by atoms with Gasteiger partial charge in [0.05, 0.1) is 18.5 Å². The van der Waals surface area contributed by atoms with Crippen LogP contribution in [0, 0.1) is 0 Å². The summed E-state index contributed by atoms with van der Waals surface area (Å²) in [5.74, 6) is -0.332. The van der Waals surface area contributed by atoms with Gasteiger partial charge in [-0.3, -0.25) is 4.90 Å². The molecule has 2 aliphatic heterocycles. The van der Waals surface area contributed by atoms with Gasteiger partial charge in [0.2, 0.25) is 0 Å². The Bertz CT molecular complexity index is 434. The average Bonchev–Trinajstić information content (AvgIpc) is 2.87. The Morgan fingerprint density at radius 1 is 1.10 bits per heavy atom. The first-order valence-corrected chi connectivity index (χ1v) is 9.65. The molecule has 5 nitrogen and oxygen atoms in total. The van der Waals surface area contributed by atoms with E-state index in [9.17, 15) is 8.42 Å². The smallest absolute Gasteiger partial charge is 0.170 e. The molecule has 2 saturated heterocycles. The molecule has 1 saturated carbocycles. The van der Waals surface area contributed by atoms with E-state index < -0.39 is 9.84 Å². The highest BCUT2D eigenvalue weighted by molar-refractivity contribution is 7.91. The van der Waals surface area contributed by atoms with Gasteiger partial charge in [-0.15, -0.1) is 0 Å². The molecule has 0 aromatic carbocycles. The molecule has 116 valence electrons. The van der Waals surface area contributed by atoms with Gasteiger partial charge < -0.3 is 9.47 Å². The Kier molecular flexibility index (Phi) is 4.10. The molecule has 3 rings (SSSR count). The quantitative estimate of drug-likeness (QED) is 0.767. The number of rotatable bonds is 2. The van der Waals surface area contributed by atoms with Crippen LogP contribution in [0.2, 0.25) is 0 Å². The van der Waals surface area contributed by atoms with E-state index in [1.807, 2.05) is 0 Å². The minimum absolute atomic E-state index is 0.142. The predicted octanol–water partition coefficient (Wildman–Crippen LogP) is 1.18. The van der Waals surface area contributed by atoms with E-state index >= 15 is 0 Å². The van der Waals surface area contributed by atoms with E-state index in [4.69, 9.17) is 9.47 Å². The normalized spacial score (nSPS) is 35.5. The van der Waals surface area contributed by atoms with Crippen molar-refractivity contribution in [2.24, 2.45) is 0 Å². The van der Waals surface area contributed by atoms with E-state index in [1.54, 1.807) is 0 Å². The zero-order valence-corrected chi connectivity index (χ0v) is 13.0. The van der Waals surface area contributed by atoms with Crippen LogP contribution in [-0.2, 0) is 19.3 Å². The van der Waals surface area contributed by atoms with Gasteiger partial charge in [0.1, 0.15) is 9.84 Å². The van der Waals surface area contributed by atoms with E-state index in [1.165, 1.54) is 6.26 Å². The maximum atomic E-state index is 11.8. The minimum Gasteiger partial charge on any atom is -0.347 e. The monoisotopic (exact) mass is 303 g/mol. The molecule has 1 aliphatic carbocycles. The van der Waals surface area contributed by atoms with Crippen LogP contribution >= 0.6 is 0 Å². The molecule has 0 aromatic rings. The summed E-state index contributed by atoms with van der Waals surface area (Å²) in [6, 6.07) is 0.419. The number of hydrogen-bond donors (Lipinski definition) is 0. The fourth-order valence-electron chi connectivity index (χ4n) is 3.86. The second-order valence-electron chi connectivity index (χ2n) is 6.42. The Morgan fingerprint density at radius 2 is 1.75 bits per heavy atom. The van der Waals surface area contributed by atoms with Crippen LogP contribution in [0.25, 0.3) is 0 Å². The van der Waals surface area contributed by atoms with Gasteiger partial charge in [-0.25, -0.2) is 8.42 Å². The van der Waals surface area contributed by atoms with Crippen LogP contribution in [0.3, 0.4) is 0 Å². The topological polar surface area (TPSA) is 55.8 Å². The highest BCUT2D eigenvalue weighted by Gasteiger charge is 2.42. The molecule has 0 N–H and O–H groups in total. The lowest BCUT2D eigenvalue weighted by atomic mass is 9.91. The second-order valence-corrected chi connectivity index (χ2v) is 8.74. The van der Waals surface area contributed by atoms with Crippen LogP contribution in [0.4, 0.5) is 0 Å². The third-order valence-corrected chi connectivity index (χ3v) is 6.73. The molecular weight excluding hydrogens is 278 g/mol. The van der Waals surface area contributed by atoms with Crippen molar-refractivity contribution < 1.29 is 17.9 Å². The largest absolute Gasteiger partial charge is 0.347 e. The summed E-state index contributed by atoms with van der Waals surface area (Å²) in [6.45, 7) is 3.33. The Hall–Kier alpha value is -0.170. The Labute approximate surface area is 121 Å². The van der Waals surface area contributed by atoms with Crippen LogP contribution < -0.4 is 0 Å². The van der Waals surface area contributed by atoms with Crippen LogP contribution in [0.5, 0.6) is 0 Å². The highest BCUT2D eigenvalue weighted by Crippen LogP contribution is 2.35. The van der Waals surface area contributed by atoms with Crippen LogP contribution in [0.15, 0.2) is 0 Å². The number of ether oxygens (including phenoxy) is 2. The van der Waals surface area contributed by atoms with Crippen LogP contribution in [0.1, 0.15) is 38.5 Å². The summed E-state index contributed by atoms with van der Waals surface area (Å²) in [6.07, 6.45) is 6.98. The lowest BCUT2D eigenvalue weighted by Gasteiger charge is -2.43. The lowest BCUT2D eigenvalue weighted by Crippen LogP contribution is -2.50. The van der Waals surface area contributed by atoms with Gasteiger partial charge >= 0.3 is 0 Å². The summed E-state index contributed by atoms with van der Waals surface area (Å²) in [5, 5.41) is -0.142. The molecule has 0 aromatic heterocycles. The second kappa shape index (κ2) is 5.55. The van der Waals surface area contributed by atoms with Crippen molar-refractivity contribution in [3.05, 3.63) is 0 Å². The van der Waals surface area contributed by atoms with Gasteiger partial charge in [0.25, 0.3) is 0 Å². The molecule has 2 unspecified atom stereocenters. The summed E-state index contributed by atoms with van der Waals surface area (Å²) in [5.41, 5.74) is 0. The van der Waals surface area contributed by atoms with Crippen molar-refractivity contribution in [2.75, 3.05) is 32.6 Å². The van der Waals surface area contributed by atoms with Gasteiger partial charge in [0, 0.05) is 38.2 Å². The molecule has 3 aliphatic rings. The third-order valence-electron chi connectivity index (χ3n) is 5.09. The first kappa shape index (κ1) is 14.8. The van der Waals surface area contributed by atoms with Crippen molar-refractivity contribution in [3.8, 4) is 0 Å². The zero-order valence-electron chi connectivity index (χ0n) is 12.2. The zero-order chi connectivity index (χ0) is 14.2. The van der Waals surface area contributed by atoms with Crippen molar-refractivity contribution in [1.82, 2.24) is 4.90 Å². The van der Waals surface area contributed by atoms with E-state index in [-0.39, 0.29) is 11.0 Å². The summed E-state index contributed by atoms with van der Waals surface area (Å²) >= 11 is 0. The first-order chi connectivity index (χ1) is 9.49. The molecule has 3 fully saturated rings. The number of nitrogens with zero attached hydrogens (tertiary/aromatic N) is 1. The van der Waals surface area contributed by atoms with Crippen LogP contribution in [-0.4, -0.2) is 63.0 Å². The fraction of sp³-hybridized carbons (Fsp3) is 1.00. The van der Waals surface area contributed by atoms with Crippen molar-refractivity contribution in [1.29, 1.82) is 0 Å². The van der Waals surface area contributed by atoms with E-state index in [0.29, 0.717) is 19.3 Å². The Balaban J connectivity index is 1.57. The minimum atomic E-state index is -2.90. The van der Waals surface area contributed by atoms with E-state index in [0.717, 1.165) is 51.6 Å². The summed E-state index contributed by atoms with van der Waals surface area (Å²) in [7, 11) is -2.90. The molecule has 2 atom stereocenters. The average molecular weight is 303 g/mol. The Morgan fingerprint density at radius 3 is 2.35 bits per heavy atom. The maximum Gasteiger partial charge on any atom is 0.170 e. The first-order valence-electron chi connectivity index (χ1n) is 7.69. The predicted molar refractivity (Wildman–Crippen MR) is 76.3 cm³/mol. The molecule has 2 heterocycles. The molecule has 20 heavy (non-hydrogen) atoms. The maximum absolute atomic E-state index is 11.8. The van der Waals surface area contributed by atoms with Crippen molar-refractivity contribution in [2.45, 2.75) is 55.6 Å². The van der Waals surface area contributed by atoms with Gasteiger partial charge in [-0.2, -0.15) is 0 Å². The molecule has 6 heteroatoms. The lowest BCUT2D eigenvalue weighted by molar-refractivity contribution is -0.188. The van der Waals surface area contributed by atoms with Gasteiger partial charge in [-0.1, -0.05) is 6.42 Å².